The smallest absolute Gasteiger partial charge is 0.239 e. The van der Waals surface area contributed by atoms with Crippen molar-refractivity contribution < 1.29 is 34.0 Å². The maximum absolute atomic E-state index is 12.9. The van der Waals surface area contributed by atoms with Gasteiger partial charge in [-0.05, 0) is 27.4 Å². The lowest BCUT2D eigenvalue weighted by Gasteiger charge is -2.56. The predicted molar refractivity (Wildman–Crippen MR) is 108 cm³/mol. The Bertz CT molecular complexity index is 811. The van der Waals surface area contributed by atoms with E-state index in [4.69, 9.17) is 14.2 Å². The number of nitrogens with one attached hydrogen (secondary N) is 3. The van der Waals surface area contributed by atoms with E-state index in [1.165, 1.54) is 11.3 Å². The fourth-order valence-electron chi connectivity index (χ4n) is 4.57. The number of fused-ring (bicyclic) bond motifs is 2. The minimum atomic E-state index is -2.03. The zero-order valence-electron chi connectivity index (χ0n) is 17.5. The van der Waals surface area contributed by atoms with Gasteiger partial charge in [0.15, 0.2) is 5.78 Å². The maximum atomic E-state index is 12.9. The van der Waals surface area contributed by atoms with Crippen LogP contribution in [0.5, 0.6) is 0 Å². The van der Waals surface area contributed by atoms with Crippen LogP contribution < -0.4 is 16.0 Å². The van der Waals surface area contributed by atoms with Crippen LogP contribution in [0, 0.1) is 0 Å². The second-order valence-corrected chi connectivity index (χ2v) is 8.87. The van der Waals surface area contributed by atoms with E-state index in [2.05, 4.69) is 20.9 Å². The largest absolute Gasteiger partial charge is 0.389 e. The topological polar surface area (TPSA) is 151 Å². The van der Waals surface area contributed by atoms with Gasteiger partial charge >= 0.3 is 0 Å². The van der Waals surface area contributed by atoms with Crippen LogP contribution in [0.3, 0.4) is 0 Å². The number of nitrogens with zero attached hydrogens (tertiary/aromatic N) is 1. The monoisotopic (exact) mass is 456 g/mol. The number of aromatic nitrogens is 1. The van der Waals surface area contributed by atoms with E-state index in [-0.39, 0.29) is 30.6 Å². The number of aliphatic hydroxyl groups is 2. The van der Waals surface area contributed by atoms with Crippen molar-refractivity contribution in [3.05, 3.63) is 16.6 Å². The summed E-state index contributed by atoms with van der Waals surface area (Å²) < 4.78 is 17.7. The Labute approximate surface area is 183 Å². The zero-order chi connectivity index (χ0) is 22.3. The normalized spacial score (nSPS) is 42.5. The van der Waals surface area contributed by atoms with Crippen LogP contribution in [0.4, 0.5) is 0 Å². The van der Waals surface area contributed by atoms with E-state index in [1.807, 2.05) is 0 Å². The lowest BCUT2D eigenvalue weighted by Crippen LogP contribution is -2.78. The lowest BCUT2D eigenvalue weighted by molar-refractivity contribution is -0.434. The van der Waals surface area contributed by atoms with Crippen LogP contribution in [0.1, 0.15) is 19.0 Å². The number of hydrogen-bond acceptors (Lipinski definition) is 11. The number of Topliss-reactive ketones (excluding diaryl/α,β-unsaturated/α-hetero) is 1. The number of carbonyl (C=O) groups excluding carboxylic acids is 2. The molecule has 5 N–H and O–H groups in total. The molecule has 9 unspecified atom stereocenters. The average Bonchev–Trinajstić information content (AvgIpc) is 3.21. The molecule has 1 aromatic heterocycles. The molecule has 1 aliphatic carbocycles. The molecule has 0 spiro atoms. The molecule has 0 radical (unpaired) electrons. The van der Waals surface area contributed by atoms with E-state index in [0.29, 0.717) is 5.69 Å². The molecule has 172 valence electrons. The fraction of sp³-hybridized carbons (Fsp3) is 0.737. The summed E-state index contributed by atoms with van der Waals surface area (Å²) in [5.74, 6) is -2.75. The van der Waals surface area contributed by atoms with Crippen molar-refractivity contribution in [3.63, 3.8) is 0 Å². The SMILES string of the molecule is CNC1C(=O)C2OC3OC(C)CC(NC(=O)Cc4cscn4)C3(O)OC2C(NC)C1O. The minimum absolute atomic E-state index is 0.0586. The van der Waals surface area contributed by atoms with E-state index in [1.54, 1.807) is 31.9 Å². The van der Waals surface area contributed by atoms with E-state index in [0.717, 1.165) is 0 Å². The minimum Gasteiger partial charge on any atom is -0.389 e. The third-order valence-electron chi connectivity index (χ3n) is 6.11. The molecule has 1 saturated carbocycles. The summed E-state index contributed by atoms with van der Waals surface area (Å²) in [5.41, 5.74) is 2.27. The third kappa shape index (κ3) is 4.02. The van der Waals surface area contributed by atoms with Gasteiger partial charge in [-0.15, -0.1) is 11.3 Å². The first kappa shape index (κ1) is 22.7. The van der Waals surface area contributed by atoms with Gasteiger partial charge in [0.25, 0.3) is 0 Å². The van der Waals surface area contributed by atoms with Crippen molar-refractivity contribution in [1.82, 2.24) is 20.9 Å². The van der Waals surface area contributed by atoms with Crippen LogP contribution in [0.25, 0.3) is 0 Å². The number of thiazole rings is 1. The Kier molecular flexibility index (Phi) is 6.43. The molecule has 4 rings (SSSR count). The summed E-state index contributed by atoms with van der Waals surface area (Å²) in [7, 11) is 3.20. The quantitative estimate of drug-likeness (QED) is 0.333. The van der Waals surface area contributed by atoms with Gasteiger partial charge in [-0.1, -0.05) is 0 Å². The van der Waals surface area contributed by atoms with Crippen molar-refractivity contribution in [2.45, 2.75) is 74.4 Å². The number of carbonyl (C=O) groups is 2. The van der Waals surface area contributed by atoms with Gasteiger partial charge in [0.1, 0.15) is 12.2 Å². The Hall–Kier alpha value is -1.51. The molecule has 31 heavy (non-hydrogen) atoms. The number of rotatable bonds is 5. The number of aliphatic hydroxyl groups excluding tert-OH is 1. The van der Waals surface area contributed by atoms with Crippen LogP contribution >= 0.6 is 11.3 Å². The zero-order valence-corrected chi connectivity index (χ0v) is 18.3. The number of hydrogen-bond donors (Lipinski definition) is 5. The molecule has 9 atom stereocenters. The highest BCUT2D eigenvalue weighted by Crippen LogP contribution is 2.41. The maximum Gasteiger partial charge on any atom is 0.239 e. The van der Waals surface area contributed by atoms with Crippen molar-refractivity contribution in [2.75, 3.05) is 14.1 Å². The van der Waals surface area contributed by atoms with Gasteiger partial charge < -0.3 is 40.4 Å². The summed E-state index contributed by atoms with van der Waals surface area (Å²) in [6.45, 7) is 1.79. The van der Waals surface area contributed by atoms with Gasteiger partial charge in [0, 0.05) is 5.38 Å². The van der Waals surface area contributed by atoms with Crippen LogP contribution in [-0.4, -0.2) is 95.6 Å². The molecule has 0 aromatic carbocycles. The molecule has 3 fully saturated rings. The van der Waals surface area contributed by atoms with Gasteiger partial charge in [-0.25, -0.2) is 4.98 Å². The summed E-state index contributed by atoms with van der Waals surface area (Å²) in [6, 6.07) is -2.40. The van der Waals surface area contributed by atoms with Crippen molar-refractivity contribution in [3.8, 4) is 0 Å². The first-order valence-corrected chi connectivity index (χ1v) is 11.2. The van der Waals surface area contributed by atoms with E-state index >= 15 is 0 Å². The van der Waals surface area contributed by atoms with Crippen LogP contribution in [0.15, 0.2) is 10.9 Å². The molecule has 1 amide bonds. The van der Waals surface area contributed by atoms with Crippen LogP contribution in [-0.2, 0) is 30.2 Å². The summed E-state index contributed by atoms with van der Waals surface area (Å²) in [4.78, 5) is 29.6. The molecule has 11 nitrogen and oxygen atoms in total. The van der Waals surface area contributed by atoms with Gasteiger partial charge in [0.2, 0.25) is 18.0 Å². The van der Waals surface area contributed by atoms with Crippen LogP contribution in [0.2, 0.25) is 0 Å². The second kappa shape index (κ2) is 8.79. The first-order valence-electron chi connectivity index (χ1n) is 10.2. The second-order valence-electron chi connectivity index (χ2n) is 8.16. The van der Waals surface area contributed by atoms with Crippen molar-refractivity contribution in [1.29, 1.82) is 0 Å². The molecule has 2 saturated heterocycles. The summed E-state index contributed by atoms with van der Waals surface area (Å²) >= 11 is 1.39. The Balaban J connectivity index is 1.57. The standard InChI is InChI=1S/C19H28N4O7S/c1-8-4-10(23-11(24)5-9-6-31-7-22-9)19(27)18(28-8)29-17-15(26)12(20-2)14(25)13(21-3)16(17)30-19/h6-8,10,12-14,16-18,20-21,25,27H,4-5H2,1-3H3,(H,23,24). The molecule has 12 heteroatoms. The number of likely N-dealkylation sites (N-methyl/N-ethyl adjacent to an activating group) is 2. The molecule has 0 bridgehead atoms. The van der Waals surface area contributed by atoms with E-state index in [9.17, 15) is 19.8 Å². The third-order valence-corrected chi connectivity index (χ3v) is 6.74. The number of ketones is 1. The molecular formula is C19H28N4O7S. The van der Waals surface area contributed by atoms with Gasteiger partial charge in [0.05, 0.1) is 48.0 Å². The highest BCUT2D eigenvalue weighted by molar-refractivity contribution is 7.07. The average molecular weight is 457 g/mol. The fourth-order valence-corrected chi connectivity index (χ4v) is 5.13. The lowest BCUT2D eigenvalue weighted by atomic mass is 9.80. The highest BCUT2D eigenvalue weighted by atomic mass is 32.1. The molecule has 3 heterocycles. The van der Waals surface area contributed by atoms with Gasteiger partial charge in [-0.2, -0.15) is 0 Å². The summed E-state index contributed by atoms with van der Waals surface area (Å²) in [6.07, 6.45) is -4.45. The van der Waals surface area contributed by atoms with E-state index < -0.39 is 48.5 Å². The van der Waals surface area contributed by atoms with Gasteiger partial charge in [-0.3, -0.25) is 9.59 Å². The molecule has 1 aromatic rings. The Morgan fingerprint density at radius 2 is 2.13 bits per heavy atom. The number of amides is 1. The molecular weight excluding hydrogens is 428 g/mol. The highest BCUT2D eigenvalue weighted by Gasteiger charge is 2.63. The Morgan fingerprint density at radius 1 is 1.35 bits per heavy atom. The molecule has 2 aliphatic heterocycles. The molecule has 3 aliphatic rings. The van der Waals surface area contributed by atoms with Crippen molar-refractivity contribution >= 4 is 23.0 Å². The first-order chi connectivity index (χ1) is 14.8. The Morgan fingerprint density at radius 3 is 2.77 bits per heavy atom. The number of ether oxygens (including phenoxy) is 3. The summed E-state index contributed by atoms with van der Waals surface area (Å²) in [5, 5.41) is 32.4. The van der Waals surface area contributed by atoms with Crippen molar-refractivity contribution in [2.24, 2.45) is 0 Å². The predicted octanol–water partition coefficient (Wildman–Crippen LogP) is -2.10.